The third-order valence-electron chi connectivity index (χ3n) is 2.82. The molecular formula is C14H23O3P. The minimum atomic E-state index is -3.37. The van der Waals surface area contributed by atoms with Crippen molar-refractivity contribution in [2.45, 2.75) is 39.0 Å². The van der Waals surface area contributed by atoms with Crippen LogP contribution in [0.5, 0.6) is 0 Å². The third-order valence-corrected chi connectivity index (χ3v) is 4.29. The van der Waals surface area contributed by atoms with Gasteiger partial charge in [-0.05, 0) is 18.4 Å². The van der Waals surface area contributed by atoms with E-state index in [4.69, 9.17) is 4.52 Å². The fourth-order valence-corrected chi connectivity index (χ4v) is 2.88. The van der Waals surface area contributed by atoms with E-state index in [0.717, 1.165) is 31.2 Å². The van der Waals surface area contributed by atoms with E-state index in [1.54, 1.807) is 0 Å². The minimum Gasteiger partial charge on any atom is -0.324 e. The first-order chi connectivity index (χ1) is 8.64. The first-order valence-electron chi connectivity index (χ1n) is 6.64. The first-order valence-corrected chi connectivity index (χ1v) is 8.40. The Morgan fingerprint density at radius 3 is 2.56 bits per heavy atom. The smallest absolute Gasteiger partial charge is 0.324 e. The summed E-state index contributed by atoms with van der Waals surface area (Å²) in [5.41, 5.74) is 1.13. The number of unbranched alkanes of at least 4 members (excludes halogenated alkanes) is 3. The van der Waals surface area contributed by atoms with Crippen LogP contribution < -0.4 is 0 Å². The van der Waals surface area contributed by atoms with E-state index in [2.05, 4.69) is 6.92 Å². The molecule has 1 atom stereocenters. The van der Waals surface area contributed by atoms with Gasteiger partial charge in [0, 0.05) is 6.16 Å². The van der Waals surface area contributed by atoms with E-state index in [1.165, 1.54) is 0 Å². The standard InChI is InChI=1S/C14H23O3P/c1-2-3-4-8-13-18(15,16)17-12-11-14-9-6-5-7-10-14/h5-7,9-10H,2-4,8,11-13H2,1H3,(H,15,16). The zero-order valence-corrected chi connectivity index (χ0v) is 11.9. The SMILES string of the molecule is CCCCCCP(=O)(O)OCCc1ccccc1. The van der Waals surface area contributed by atoms with Crippen molar-refractivity contribution in [3.05, 3.63) is 35.9 Å². The summed E-state index contributed by atoms with van der Waals surface area (Å²) in [5, 5.41) is 0. The van der Waals surface area contributed by atoms with E-state index in [0.29, 0.717) is 13.0 Å². The lowest BCUT2D eigenvalue weighted by Gasteiger charge is -2.11. The maximum absolute atomic E-state index is 11.7. The van der Waals surface area contributed by atoms with Gasteiger partial charge in [-0.3, -0.25) is 4.57 Å². The van der Waals surface area contributed by atoms with Crippen LogP contribution >= 0.6 is 7.60 Å². The molecule has 0 amide bonds. The summed E-state index contributed by atoms with van der Waals surface area (Å²) < 4.78 is 16.8. The van der Waals surface area contributed by atoms with Crippen molar-refractivity contribution in [3.8, 4) is 0 Å². The molecule has 0 aliphatic heterocycles. The minimum absolute atomic E-state index is 0.280. The van der Waals surface area contributed by atoms with E-state index in [1.807, 2.05) is 30.3 Å². The molecule has 1 unspecified atom stereocenters. The van der Waals surface area contributed by atoms with Gasteiger partial charge in [-0.15, -0.1) is 0 Å². The fourth-order valence-electron chi connectivity index (χ4n) is 1.75. The molecule has 1 rings (SSSR count). The second-order valence-corrected chi connectivity index (χ2v) is 6.47. The molecule has 4 heteroatoms. The zero-order chi connectivity index (χ0) is 13.3. The molecule has 1 N–H and O–H groups in total. The molecule has 18 heavy (non-hydrogen) atoms. The lowest BCUT2D eigenvalue weighted by atomic mass is 10.2. The largest absolute Gasteiger partial charge is 0.328 e. The summed E-state index contributed by atoms with van der Waals surface area (Å²) in [6.45, 7) is 2.43. The Labute approximate surface area is 110 Å². The summed E-state index contributed by atoms with van der Waals surface area (Å²) in [4.78, 5) is 9.63. The van der Waals surface area contributed by atoms with Crippen LogP contribution in [0.15, 0.2) is 30.3 Å². The summed E-state index contributed by atoms with van der Waals surface area (Å²) >= 11 is 0. The van der Waals surface area contributed by atoms with Gasteiger partial charge in [0.15, 0.2) is 0 Å². The van der Waals surface area contributed by atoms with Gasteiger partial charge in [0.25, 0.3) is 0 Å². The molecule has 0 aliphatic carbocycles. The Morgan fingerprint density at radius 2 is 1.89 bits per heavy atom. The molecule has 0 aliphatic rings. The van der Waals surface area contributed by atoms with Crippen LogP contribution in [-0.2, 0) is 15.5 Å². The van der Waals surface area contributed by atoms with E-state index in [9.17, 15) is 9.46 Å². The van der Waals surface area contributed by atoms with Crippen LogP contribution in [0.1, 0.15) is 38.2 Å². The van der Waals surface area contributed by atoms with Gasteiger partial charge >= 0.3 is 7.60 Å². The summed E-state index contributed by atoms with van der Waals surface area (Å²) in [5.74, 6) is 0. The number of benzene rings is 1. The molecule has 0 heterocycles. The molecule has 0 bridgehead atoms. The van der Waals surface area contributed by atoms with Crippen LogP contribution in [-0.4, -0.2) is 17.7 Å². The van der Waals surface area contributed by atoms with Crippen molar-refractivity contribution in [1.29, 1.82) is 0 Å². The number of rotatable bonds is 9. The highest BCUT2D eigenvalue weighted by Crippen LogP contribution is 2.42. The molecule has 0 saturated carbocycles. The average Bonchev–Trinajstić information content (AvgIpc) is 2.36. The second-order valence-electron chi connectivity index (χ2n) is 4.49. The number of hydrogen-bond acceptors (Lipinski definition) is 2. The molecule has 102 valence electrons. The topological polar surface area (TPSA) is 46.5 Å². The Bertz CT molecular complexity index is 365. The highest BCUT2D eigenvalue weighted by molar-refractivity contribution is 7.52. The summed E-state index contributed by atoms with van der Waals surface area (Å²) in [7, 11) is -3.37. The van der Waals surface area contributed by atoms with Crippen LogP contribution in [0.25, 0.3) is 0 Å². The lowest BCUT2D eigenvalue weighted by Crippen LogP contribution is -2.00. The van der Waals surface area contributed by atoms with Gasteiger partial charge < -0.3 is 9.42 Å². The predicted octanol–water partition coefficient (Wildman–Crippen LogP) is 4.01. The molecule has 0 saturated heterocycles. The van der Waals surface area contributed by atoms with Gasteiger partial charge in [0.2, 0.25) is 0 Å². The van der Waals surface area contributed by atoms with Gasteiger partial charge in [-0.25, -0.2) is 0 Å². The van der Waals surface area contributed by atoms with Crippen LogP contribution in [0.3, 0.4) is 0 Å². The zero-order valence-electron chi connectivity index (χ0n) is 11.0. The molecular weight excluding hydrogens is 247 g/mol. The Morgan fingerprint density at radius 1 is 1.17 bits per heavy atom. The van der Waals surface area contributed by atoms with E-state index in [-0.39, 0.29) is 6.16 Å². The maximum Gasteiger partial charge on any atom is 0.328 e. The van der Waals surface area contributed by atoms with Gasteiger partial charge in [0.05, 0.1) is 6.61 Å². The second kappa shape index (κ2) is 8.47. The van der Waals surface area contributed by atoms with Crippen molar-refractivity contribution in [2.75, 3.05) is 12.8 Å². The summed E-state index contributed by atoms with van der Waals surface area (Å²) in [6.07, 6.45) is 4.98. The van der Waals surface area contributed by atoms with Crippen LogP contribution in [0, 0.1) is 0 Å². The van der Waals surface area contributed by atoms with Crippen LogP contribution in [0.4, 0.5) is 0 Å². The van der Waals surface area contributed by atoms with Crippen molar-refractivity contribution in [3.63, 3.8) is 0 Å². The molecule has 0 aromatic heterocycles. The Hall–Kier alpha value is -0.630. The van der Waals surface area contributed by atoms with Gasteiger partial charge in [-0.1, -0.05) is 56.5 Å². The Kier molecular flexibility index (Phi) is 7.26. The molecule has 0 spiro atoms. The molecule has 0 fully saturated rings. The van der Waals surface area contributed by atoms with Gasteiger partial charge in [0.1, 0.15) is 0 Å². The maximum atomic E-state index is 11.7. The Balaban J connectivity index is 2.19. The average molecular weight is 270 g/mol. The highest BCUT2D eigenvalue weighted by atomic mass is 31.2. The van der Waals surface area contributed by atoms with Crippen molar-refractivity contribution in [2.24, 2.45) is 0 Å². The predicted molar refractivity (Wildman–Crippen MR) is 74.9 cm³/mol. The van der Waals surface area contributed by atoms with Crippen molar-refractivity contribution < 1.29 is 14.0 Å². The monoisotopic (exact) mass is 270 g/mol. The molecule has 0 radical (unpaired) electrons. The van der Waals surface area contributed by atoms with Crippen molar-refractivity contribution in [1.82, 2.24) is 0 Å². The van der Waals surface area contributed by atoms with Crippen molar-refractivity contribution >= 4 is 7.60 Å². The first kappa shape index (κ1) is 15.4. The van der Waals surface area contributed by atoms with Crippen LogP contribution in [0.2, 0.25) is 0 Å². The molecule has 3 nitrogen and oxygen atoms in total. The molecule has 1 aromatic rings. The van der Waals surface area contributed by atoms with E-state index < -0.39 is 7.60 Å². The quantitative estimate of drug-likeness (QED) is 0.544. The summed E-state index contributed by atoms with van der Waals surface area (Å²) in [6, 6.07) is 9.85. The number of hydrogen-bond donors (Lipinski definition) is 1. The highest BCUT2D eigenvalue weighted by Gasteiger charge is 2.17. The fraction of sp³-hybridized carbons (Fsp3) is 0.571. The van der Waals surface area contributed by atoms with E-state index >= 15 is 0 Å². The normalized spacial score (nSPS) is 14.3. The third kappa shape index (κ3) is 6.95. The lowest BCUT2D eigenvalue weighted by molar-refractivity contribution is 0.262. The van der Waals surface area contributed by atoms with Gasteiger partial charge in [-0.2, -0.15) is 0 Å². The molecule has 1 aromatic carbocycles.